The summed E-state index contributed by atoms with van der Waals surface area (Å²) in [5, 5.41) is 0. The second-order valence-corrected chi connectivity index (χ2v) is 3.31. The van der Waals surface area contributed by atoms with Crippen LogP contribution >= 0.6 is 0 Å². The van der Waals surface area contributed by atoms with Gasteiger partial charge in [-0.2, -0.15) is 12.8 Å². The Morgan fingerprint density at radius 1 is 0.733 bits per heavy atom. The monoisotopic (exact) mass is 292 g/mol. The molecule has 0 bridgehead atoms. The Bertz CT molecular complexity index is 66.0. The SMILES string of the molecule is [CH2-]CCN(C)C.[CH2-]CCN(C)C.[CH3-].[CH3-].[Zr+4]. The number of nitrogens with zero attached hydrogens (tertiary/aromatic N) is 2. The van der Waals surface area contributed by atoms with Crippen LogP contribution in [0.3, 0.4) is 0 Å². The number of hydrogen-bond acceptors (Lipinski definition) is 2. The largest absolute Gasteiger partial charge is 4.00 e. The van der Waals surface area contributed by atoms with E-state index in [0.29, 0.717) is 0 Å². The van der Waals surface area contributed by atoms with Gasteiger partial charge in [-0.05, 0) is 41.3 Å². The Kier molecular flexibility index (Phi) is 47.8. The summed E-state index contributed by atoms with van der Waals surface area (Å²) in [5.41, 5.74) is 0. The maximum atomic E-state index is 3.68. The van der Waals surface area contributed by atoms with E-state index >= 15 is 0 Å². The molecular formula is C12H30N2Zr. The quantitative estimate of drug-likeness (QED) is 0.735. The van der Waals surface area contributed by atoms with Crippen molar-refractivity contribution in [2.75, 3.05) is 41.3 Å². The predicted octanol–water partition coefficient (Wildman–Crippen LogP) is 2.44. The molecule has 0 rings (SSSR count). The first-order valence-electron chi connectivity index (χ1n) is 4.42. The molecule has 3 heteroatoms. The van der Waals surface area contributed by atoms with Crippen molar-refractivity contribution in [3.8, 4) is 0 Å². The zero-order valence-corrected chi connectivity index (χ0v) is 14.1. The fourth-order valence-electron chi connectivity index (χ4n) is 0.632. The molecule has 0 aliphatic carbocycles. The van der Waals surface area contributed by atoms with Crippen LogP contribution in [0, 0.1) is 28.7 Å². The zero-order valence-electron chi connectivity index (χ0n) is 11.6. The van der Waals surface area contributed by atoms with Gasteiger partial charge in [-0.25, -0.2) is 0 Å². The van der Waals surface area contributed by atoms with Crippen LogP contribution in [-0.4, -0.2) is 51.1 Å². The van der Waals surface area contributed by atoms with Gasteiger partial charge in [0, 0.05) is 0 Å². The van der Waals surface area contributed by atoms with E-state index in [0.717, 1.165) is 25.9 Å². The van der Waals surface area contributed by atoms with Gasteiger partial charge >= 0.3 is 26.2 Å². The summed E-state index contributed by atoms with van der Waals surface area (Å²) in [6, 6.07) is 0. The second kappa shape index (κ2) is 24.2. The molecule has 0 saturated carbocycles. The van der Waals surface area contributed by atoms with Crippen LogP contribution in [0.1, 0.15) is 12.8 Å². The van der Waals surface area contributed by atoms with Gasteiger partial charge in [-0.1, -0.05) is 0 Å². The van der Waals surface area contributed by atoms with Crippen LogP contribution in [-0.2, 0) is 26.2 Å². The van der Waals surface area contributed by atoms with E-state index < -0.39 is 0 Å². The third-order valence-corrected chi connectivity index (χ3v) is 1.21. The summed E-state index contributed by atoms with van der Waals surface area (Å²) in [6.45, 7) is 9.56. The van der Waals surface area contributed by atoms with Gasteiger partial charge in [0.1, 0.15) is 0 Å². The Morgan fingerprint density at radius 2 is 0.933 bits per heavy atom. The smallest absolute Gasteiger partial charge is 0.358 e. The zero-order chi connectivity index (χ0) is 9.98. The van der Waals surface area contributed by atoms with Crippen molar-refractivity contribution in [1.29, 1.82) is 0 Å². The fraction of sp³-hybridized carbons (Fsp3) is 0.667. The number of rotatable bonds is 4. The first kappa shape index (κ1) is 29.7. The van der Waals surface area contributed by atoms with Crippen molar-refractivity contribution >= 4 is 0 Å². The Hall–Kier alpha value is 0.803. The summed E-state index contributed by atoms with van der Waals surface area (Å²) in [4.78, 5) is 4.24. The molecule has 0 spiro atoms. The van der Waals surface area contributed by atoms with E-state index in [2.05, 4.69) is 23.6 Å². The van der Waals surface area contributed by atoms with Gasteiger partial charge in [0.05, 0.1) is 0 Å². The third-order valence-electron chi connectivity index (χ3n) is 1.21. The summed E-state index contributed by atoms with van der Waals surface area (Å²) < 4.78 is 0. The summed E-state index contributed by atoms with van der Waals surface area (Å²) in [6.07, 6.45) is 2.01. The maximum Gasteiger partial charge on any atom is 4.00 e. The molecular weight excluding hydrogens is 263 g/mol. The standard InChI is InChI=1S/2C5H12N.2CH3.Zr/c2*1-4-5-6(2)3;;;/h2*1,4-5H2,2-3H3;2*1H3;/q4*-1;+4. The normalized spacial score (nSPS) is 8.00. The third kappa shape index (κ3) is 52.4. The minimum Gasteiger partial charge on any atom is -0.358 e. The fourth-order valence-corrected chi connectivity index (χ4v) is 0.632. The molecule has 0 unspecified atom stereocenters. The van der Waals surface area contributed by atoms with Crippen molar-refractivity contribution in [2.45, 2.75) is 12.8 Å². The van der Waals surface area contributed by atoms with Gasteiger partial charge in [-0.3, -0.25) is 0 Å². The van der Waals surface area contributed by atoms with Crippen LogP contribution in [0.4, 0.5) is 0 Å². The molecule has 0 radical (unpaired) electrons. The Morgan fingerprint density at radius 3 is 0.933 bits per heavy atom. The minimum absolute atomic E-state index is 0. The van der Waals surface area contributed by atoms with E-state index in [4.69, 9.17) is 0 Å². The van der Waals surface area contributed by atoms with Crippen LogP contribution in [0.2, 0.25) is 0 Å². The van der Waals surface area contributed by atoms with Gasteiger partial charge in [0.15, 0.2) is 0 Å². The van der Waals surface area contributed by atoms with Crippen LogP contribution < -0.4 is 0 Å². The molecule has 0 aromatic rings. The minimum atomic E-state index is 0. The summed E-state index contributed by atoms with van der Waals surface area (Å²) in [5.74, 6) is 0. The average Bonchev–Trinajstić information content (AvgIpc) is 1.87. The molecule has 0 heterocycles. The molecule has 0 N–H and O–H groups in total. The molecule has 0 fully saturated rings. The first-order chi connectivity index (χ1) is 5.54. The van der Waals surface area contributed by atoms with E-state index in [9.17, 15) is 0 Å². The maximum absolute atomic E-state index is 3.68. The van der Waals surface area contributed by atoms with E-state index in [1.165, 1.54) is 0 Å². The Labute approximate surface area is 119 Å². The van der Waals surface area contributed by atoms with Crippen molar-refractivity contribution in [2.24, 2.45) is 0 Å². The van der Waals surface area contributed by atoms with Gasteiger partial charge < -0.3 is 38.5 Å². The van der Waals surface area contributed by atoms with Crippen LogP contribution in [0.25, 0.3) is 0 Å². The molecule has 0 atom stereocenters. The summed E-state index contributed by atoms with van der Waals surface area (Å²) >= 11 is 0. The first-order valence-corrected chi connectivity index (χ1v) is 4.42. The van der Waals surface area contributed by atoms with Crippen molar-refractivity contribution in [3.05, 3.63) is 28.7 Å². The van der Waals surface area contributed by atoms with E-state index in [1.807, 2.05) is 28.2 Å². The molecule has 0 aliphatic heterocycles. The molecule has 92 valence electrons. The molecule has 0 saturated heterocycles. The van der Waals surface area contributed by atoms with Crippen LogP contribution in [0.15, 0.2) is 0 Å². The van der Waals surface area contributed by atoms with Gasteiger partial charge in [-0.15, -0.1) is 0 Å². The second-order valence-electron chi connectivity index (χ2n) is 3.31. The van der Waals surface area contributed by atoms with Crippen molar-refractivity contribution < 1.29 is 26.2 Å². The molecule has 0 aromatic carbocycles. The molecule has 15 heavy (non-hydrogen) atoms. The van der Waals surface area contributed by atoms with Crippen LogP contribution in [0.5, 0.6) is 0 Å². The van der Waals surface area contributed by atoms with Crippen molar-refractivity contribution in [1.82, 2.24) is 9.80 Å². The molecule has 0 aromatic heterocycles. The van der Waals surface area contributed by atoms with Gasteiger partial charge in [0.25, 0.3) is 0 Å². The molecule has 2 nitrogen and oxygen atoms in total. The number of hydrogen-bond donors (Lipinski definition) is 0. The summed E-state index contributed by atoms with van der Waals surface area (Å²) in [7, 11) is 8.19. The topological polar surface area (TPSA) is 6.48 Å². The van der Waals surface area contributed by atoms with E-state index in [-0.39, 0.29) is 41.1 Å². The average molecular weight is 294 g/mol. The van der Waals surface area contributed by atoms with Gasteiger partial charge in [0.2, 0.25) is 0 Å². The predicted molar refractivity (Wildman–Crippen MR) is 69.9 cm³/mol. The van der Waals surface area contributed by atoms with Crippen molar-refractivity contribution in [3.63, 3.8) is 0 Å². The molecule has 0 aliphatic rings. The molecule has 0 amide bonds. The van der Waals surface area contributed by atoms with E-state index in [1.54, 1.807) is 0 Å². The Balaban J connectivity index is -0.0000000370.